The minimum atomic E-state index is -0.549. The summed E-state index contributed by atoms with van der Waals surface area (Å²) in [5.74, 6) is 1.67. The molecule has 1 fully saturated rings. The number of piperidine rings is 1. The third-order valence-electron chi connectivity index (χ3n) is 5.58. The Bertz CT molecular complexity index is 1170. The molecule has 1 saturated heterocycles. The third-order valence-corrected chi connectivity index (χ3v) is 6.45. The number of halogens is 1. The molecule has 3 aromatic rings. The van der Waals surface area contributed by atoms with Crippen molar-refractivity contribution in [3.63, 3.8) is 0 Å². The molecule has 0 bridgehead atoms. The molecule has 164 valence electrons. The third kappa shape index (κ3) is 4.01. The molecular formula is C21H20FN7O2S. The minimum Gasteiger partial charge on any atom is -0.454 e. The number of hydrogen-bond donors (Lipinski definition) is 0. The molecule has 5 rings (SSSR count). The normalized spacial score (nSPS) is 15.6. The fraction of sp³-hybridized carbons (Fsp3) is 0.381. The standard InChI is InChI=1S/C21H20FN7O2S/c1-13-25-21(32-27-13)28-6-4-15(5-7-28)29(20-16(22)10-24-19(9-23)26-20)11-14-2-3-17-18(8-14)31-12-30-17/h2-3,8,10,15H,4-7,11-12H2,1H3. The maximum Gasteiger partial charge on any atom is 0.234 e. The number of aryl methyl sites for hydroxylation is 1. The van der Waals surface area contributed by atoms with E-state index < -0.39 is 5.82 Å². The molecule has 32 heavy (non-hydrogen) atoms. The van der Waals surface area contributed by atoms with Gasteiger partial charge in [0, 0.05) is 37.2 Å². The van der Waals surface area contributed by atoms with Gasteiger partial charge < -0.3 is 19.3 Å². The molecule has 2 aliphatic rings. The van der Waals surface area contributed by atoms with Gasteiger partial charge in [0.1, 0.15) is 11.9 Å². The van der Waals surface area contributed by atoms with Crippen LogP contribution < -0.4 is 19.3 Å². The molecule has 0 radical (unpaired) electrons. The zero-order valence-electron chi connectivity index (χ0n) is 17.4. The first-order valence-electron chi connectivity index (χ1n) is 10.2. The largest absolute Gasteiger partial charge is 0.454 e. The van der Waals surface area contributed by atoms with Gasteiger partial charge in [-0.25, -0.2) is 14.4 Å². The number of hydrogen-bond acceptors (Lipinski definition) is 10. The van der Waals surface area contributed by atoms with E-state index in [1.54, 1.807) is 0 Å². The average Bonchev–Trinajstić information content (AvgIpc) is 3.47. The van der Waals surface area contributed by atoms with Crippen molar-refractivity contribution >= 4 is 22.5 Å². The monoisotopic (exact) mass is 453 g/mol. The summed E-state index contributed by atoms with van der Waals surface area (Å²) in [6, 6.07) is 7.63. The first kappa shape index (κ1) is 20.4. The molecule has 0 spiro atoms. The molecule has 0 N–H and O–H groups in total. The highest BCUT2D eigenvalue weighted by Crippen LogP contribution is 2.34. The van der Waals surface area contributed by atoms with Gasteiger partial charge in [-0.1, -0.05) is 6.07 Å². The van der Waals surface area contributed by atoms with Gasteiger partial charge in [-0.3, -0.25) is 0 Å². The van der Waals surface area contributed by atoms with Crippen LogP contribution >= 0.6 is 11.5 Å². The molecule has 11 heteroatoms. The van der Waals surface area contributed by atoms with Crippen LogP contribution in [0.1, 0.15) is 30.1 Å². The summed E-state index contributed by atoms with van der Waals surface area (Å²) >= 11 is 1.39. The van der Waals surface area contributed by atoms with E-state index >= 15 is 0 Å². The predicted molar refractivity (Wildman–Crippen MR) is 115 cm³/mol. The number of benzene rings is 1. The van der Waals surface area contributed by atoms with E-state index in [2.05, 4.69) is 24.2 Å². The summed E-state index contributed by atoms with van der Waals surface area (Å²) in [7, 11) is 0. The van der Waals surface area contributed by atoms with E-state index in [9.17, 15) is 9.65 Å². The van der Waals surface area contributed by atoms with E-state index in [1.165, 1.54) is 11.5 Å². The zero-order chi connectivity index (χ0) is 22.1. The Balaban J connectivity index is 1.42. The fourth-order valence-electron chi connectivity index (χ4n) is 4.01. The van der Waals surface area contributed by atoms with Gasteiger partial charge in [-0.2, -0.15) is 14.6 Å². The Morgan fingerprint density at radius 2 is 2.06 bits per heavy atom. The lowest BCUT2D eigenvalue weighted by Gasteiger charge is -2.39. The minimum absolute atomic E-state index is 0.0293. The van der Waals surface area contributed by atoms with Crippen LogP contribution in [0.25, 0.3) is 0 Å². The molecule has 0 amide bonds. The van der Waals surface area contributed by atoms with Crippen molar-refractivity contribution in [1.82, 2.24) is 19.3 Å². The summed E-state index contributed by atoms with van der Waals surface area (Å²) in [5.41, 5.74) is 0.938. The topological polar surface area (TPSA) is 100 Å². The van der Waals surface area contributed by atoms with Crippen molar-refractivity contribution < 1.29 is 13.9 Å². The maximum absolute atomic E-state index is 14.8. The Morgan fingerprint density at radius 1 is 1.25 bits per heavy atom. The van der Waals surface area contributed by atoms with E-state index in [-0.39, 0.29) is 24.5 Å². The highest BCUT2D eigenvalue weighted by Gasteiger charge is 2.29. The number of ether oxygens (including phenoxy) is 2. The summed E-state index contributed by atoms with van der Waals surface area (Å²) in [6.07, 6.45) is 2.63. The van der Waals surface area contributed by atoms with Crippen LogP contribution in [0, 0.1) is 24.1 Å². The molecule has 0 saturated carbocycles. The highest BCUT2D eigenvalue weighted by molar-refractivity contribution is 7.09. The quantitative estimate of drug-likeness (QED) is 0.577. The van der Waals surface area contributed by atoms with Crippen molar-refractivity contribution in [3.8, 4) is 17.6 Å². The molecule has 0 atom stereocenters. The molecule has 2 aliphatic heterocycles. The van der Waals surface area contributed by atoms with Crippen LogP contribution in [0.4, 0.5) is 15.3 Å². The summed E-state index contributed by atoms with van der Waals surface area (Å²) in [5, 5.41) is 10.1. The Labute approximate surface area is 188 Å². The van der Waals surface area contributed by atoms with Crippen molar-refractivity contribution in [3.05, 3.63) is 47.4 Å². The molecule has 4 heterocycles. The van der Waals surface area contributed by atoms with Gasteiger partial charge in [0.25, 0.3) is 0 Å². The van der Waals surface area contributed by atoms with Gasteiger partial charge in [0.2, 0.25) is 17.7 Å². The van der Waals surface area contributed by atoms with Gasteiger partial charge in [-0.15, -0.1) is 0 Å². The zero-order valence-corrected chi connectivity index (χ0v) is 18.2. The lowest BCUT2D eigenvalue weighted by molar-refractivity contribution is 0.174. The average molecular weight is 454 g/mol. The van der Waals surface area contributed by atoms with Crippen LogP contribution in [0.2, 0.25) is 0 Å². The van der Waals surface area contributed by atoms with Crippen LogP contribution in [-0.2, 0) is 6.54 Å². The maximum atomic E-state index is 14.8. The molecule has 0 aliphatic carbocycles. The van der Waals surface area contributed by atoms with Gasteiger partial charge in [0.15, 0.2) is 23.1 Å². The molecule has 1 aromatic carbocycles. The Morgan fingerprint density at radius 3 is 2.81 bits per heavy atom. The second kappa shape index (κ2) is 8.55. The molecule has 9 nitrogen and oxygen atoms in total. The van der Waals surface area contributed by atoms with Crippen LogP contribution in [0.3, 0.4) is 0 Å². The van der Waals surface area contributed by atoms with Crippen molar-refractivity contribution in [1.29, 1.82) is 5.26 Å². The SMILES string of the molecule is Cc1nsc(N2CCC(N(Cc3ccc4c(c3)OCO4)c3nc(C#N)ncc3F)CC2)n1. The molecule has 0 unspecified atom stereocenters. The summed E-state index contributed by atoms with van der Waals surface area (Å²) in [4.78, 5) is 16.6. The first-order chi connectivity index (χ1) is 15.6. The number of nitriles is 1. The second-order valence-electron chi connectivity index (χ2n) is 7.63. The van der Waals surface area contributed by atoms with Crippen molar-refractivity contribution in [2.45, 2.75) is 32.4 Å². The van der Waals surface area contributed by atoms with E-state index in [0.717, 1.165) is 48.6 Å². The van der Waals surface area contributed by atoms with Crippen molar-refractivity contribution in [2.24, 2.45) is 0 Å². The van der Waals surface area contributed by atoms with Crippen LogP contribution in [-0.4, -0.2) is 45.2 Å². The Kier molecular flexibility index (Phi) is 5.45. The summed E-state index contributed by atoms with van der Waals surface area (Å²) < 4.78 is 30.0. The molecular weight excluding hydrogens is 433 g/mol. The number of nitrogens with zero attached hydrogens (tertiary/aromatic N) is 7. The number of fused-ring (bicyclic) bond motifs is 1. The van der Waals surface area contributed by atoms with Crippen LogP contribution in [0.15, 0.2) is 24.4 Å². The van der Waals surface area contributed by atoms with Crippen molar-refractivity contribution in [2.75, 3.05) is 29.7 Å². The summed E-state index contributed by atoms with van der Waals surface area (Å²) in [6.45, 7) is 4.03. The van der Waals surface area contributed by atoms with Gasteiger partial charge >= 0.3 is 0 Å². The van der Waals surface area contributed by atoms with Gasteiger partial charge in [-0.05, 0) is 37.5 Å². The van der Waals surface area contributed by atoms with E-state index in [4.69, 9.17) is 9.47 Å². The fourth-order valence-corrected chi connectivity index (χ4v) is 4.74. The number of rotatable bonds is 5. The van der Waals surface area contributed by atoms with E-state index in [1.807, 2.05) is 36.1 Å². The Hall–Kier alpha value is -3.52. The van der Waals surface area contributed by atoms with Gasteiger partial charge in [0.05, 0.1) is 6.20 Å². The van der Waals surface area contributed by atoms with E-state index in [0.29, 0.717) is 18.0 Å². The number of anilines is 2. The predicted octanol–water partition coefficient (Wildman–Crippen LogP) is 3.05. The highest BCUT2D eigenvalue weighted by atomic mass is 32.1. The smallest absolute Gasteiger partial charge is 0.234 e. The van der Waals surface area contributed by atoms with Crippen LogP contribution in [0.5, 0.6) is 11.5 Å². The lowest BCUT2D eigenvalue weighted by Crippen LogP contribution is -2.45. The first-order valence-corrected chi connectivity index (χ1v) is 11.0. The second-order valence-corrected chi connectivity index (χ2v) is 8.37. The lowest BCUT2D eigenvalue weighted by atomic mass is 10.0. The number of aromatic nitrogens is 4. The molecule has 2 aromatic heterocycles.